The maximum atomic E-state index is 11.5. The predicted octanol–water partition coefficient (Wildman–Crippen LogP) is 4.47. The van der Waals surface area contributed by atoms with Crippen LogP contribution < -0.4 is 0 Å². The first-order chi connectivity index (χ1) is 11.4. The molecule has 4 nitrogen and oxygen atoms in total. The van der Waals surface area contributed by atoms with Gasteiger partial charge in [-0.25, -0.2) is 9.48 Å². The SMILES string of the molecule is Cc1cc(C)c(C)c(-c2cc(C(=O)O)nn2-c2ccccc2)c1C. The van der Waals surface area contributed by atoms with E-state index in [1.807, 2.05) is 30.3 Å². The van der Waals surface area contributed by atoms with Gasteiger partial charge in [0.2, 0.25) is 0 Å². The third-order valence-corrected chi connectivity index (χ3v) is 4.55. The molecule has 0 radical (unpaired) electrons. The van der Waals surface area contributed by atoms with Crippen LogP contribution in [-0.4, -0.2) is 20.9 Å². The van der Waals surface area contributed by atoms with E-state index in [1.54, 1.807) is 10.7 Å². The highest BCUT2D eigenvalue weighted by Crippen LogP contribution is 2.33. The van der Waals surface area contributed by atoms with Gasteiger partial charge in [0.05, 0.1) is 11.4 Å². The number of hydrogen-bond donors (Lipinski definition) is 1. The van der Waals surface area contributed by atoms with Crippen LogP contribution in [0.5, 0.6) is 0 Å². The fraction of sp³-hybridized carbons (Fsp3) is 0.200. The second-order valence-electron chi connectivity index (χ2n) is 6.10. The summed E-state index contributed by atoms with van der Waals surface area (Å²) in [4.78, 5) is 11.5. The van der Waals surface area contributed by atoms with Crippen molar-refractivity contribution in [1.29, 1.82) is 0 Å². The van der Waals surface area contributed by atoms with E-state index in [2.05, 4.69) is 38.9 Å². The number of benzene rings is 2. The number of carboxylic acid groups (broad SMARTS) is 1. The van der Waals surface area contributed by atoms with Gasteiger partial charge in [-0.2, -0.15) is 5.10 Å². The number of aromatic carboxylic acids is 1. The van der Waals surface area contributed by atoms with Gasteiger partial charge in [-0.3, -0.25) is 0 Å². The van der Waals surface area contributed by atoms with Crippen LogP contribution in [0.25, 0.3) is 16.9 Å². The van der Waals surface area contributed by atoms with Crippen LogP contribution >= 0.6 is 0 Å². The molecule has 0 aliphatic heterocycles. The van der Waals surface area contributed by atoms with Crippen LogP contribution in [0.3, 0.4) is 0 Å². The molecule has 122 valence electrons. The Morgan fingerprint density at radius 3 is 2.08 bits per heavy atom. The zero-order chi connectivity index (χ0) is 17.4. The Kier molecular flexibility index (Phi) is 3.97. The quantitative estimate of drug-likeness (QED) is 0.774. The molecule has 0 aliphatic carbocycles. The molecule has 3 aromatic rings. The maximum Gasteiger partial charge on any atom is 0.356 e. The summed E-state index contributed by atoms with van der Waals surface area (Å²) < 4.78 is 1.72. The number of rotatable bonds is 3. The Morgan fingerprint density at radius 1 is 0.958 bits per heavy atom. The van der Waals surface area contributed by atoms with Gasteiger partial charge in [-0.05, 0) is 68.1 Å². The first-order valence-corrected chi connectivity index (χ1v) is 7.86. The van der Waals surface area contributed by atoms with Gasteiger partial charge in [0.15, 0.2) is 5.69 Å². The molecule has 0 saturated carbocycles. The number of aromatic nitrogens is 2. The molecular formula is C20H20N2O2. The molecule has 4 heteroatoms. The fourth-order valence-electron chi connectivity index (χ4n) is 3.03. The summed E-state index contributed by atoms with van der Waals surface area (Å²) in [7, 11) is 0. The minimum absolute atomic E-state index is 0.0480. The van der Waals surface area contributed by atoms with Crippen molar-refractivity contribution in [3.8, 4) is 16.9 Å². The second-order valence-corrected chi connectivity index (χ2v) is 6.10. The third-order valence-electron chi connectivity index (χ3n) is 4.55. The zero-order valence-electron chi connectivity index (χ0n) is 14.3. The van der Waals surface area contributed by atoms with Crippen molar-refractivity contribution in [3.05, 3.63) is 70.4 Å². The van der Waals surface area contributed by atoms with E-state index in [9.17, 15) is 9.90 Å². The Labute approximate surface area is 141 Å². The third kappa shape index (κ3) is 2.60. The molecule has 0 saturated heterocycles. The molecule has 0 aliphatic rings. The molecule has 0 bridgehead atoms. The summed E-state index contributed by atoms with van der Waals surface area (Å²) >= 11 is 0. The molecule has 2 aromatic carbocycles. The number of nitrogens with zero attached hydrogens (tertiary/aromatic N) is 2. The summed E-state index contributed by atoms with van der Waals surface area (Å²) in [5.74, 6) is -1.02. The van der Waals surface area contributed by atoms with Crippen molar-refractivity contribution in [1.82, 2.24) is 9.78 Å². The van der Waals surface area contributed by atoms with Gasteiger partial charge in [0.1, 0.15) is 0 Å². The summed E-state index contributed by atoms with van der Waals surface area (Å²) in [6.07, 6.45) is 0. The Balaban J connectivity index is 2.35. The predicted molar refractivity (Wildman–Crippen MR) is 94.9 cm³/mol. The molecular weight excluding hydrogens is 300 g/mol. The van der Waals surface area contributed by atoms with Crippen molar-refractivity contribution in [2.45, 2.75) is 27.7 Å². The van der Waals surface area contributed by atoms with Crippen LogP contribution in [0.1, 0.15) is 32.7 Å². The minimum Gasteiger partial charge on any atom is -0.476 e. The van der Waals surface area contributed by atoms with E-state index in [4.69, 9.17) is 0 Å². The summed E-state index contributed by atoms with van der Waals surface area (Å²) in [6.45, 7) is 8.29. The zero-order valence-corrected chi connectivity index (χ0v) is 14.3. The van der Waals surface area contributed by atoms with Gasteiger partial charge >= 0.3 is 5.97 Å². The van der Waals surface area contributed by atoms with Gasteiger partial charge in [0.25, 0.3) is 0 Å². The minimum atomic E-state index is -1.02. The highest BCUT2D eigenvalue weighted by molar-refractivity contribution is 5.88. The smallest absolute Gasteiger partial charge is 0.356 e. The summed E-state index contributed by atoms with van der Waals surface area (Å²) in [5.41, 5.74) is 7.41. The fourth-order valence-corrected chi connectivity index (χ4v) is 3.03. The van der Waals surface area contributed by atoms with Crippen molar-refractivity contribution >= 4 is 5.97 Å². The van der Waals surface area contributed by atoms with Gasteiger partial charge in [0, 0.05) is 5.56 Å². The lowest BCUT2D eigenvalue weighted by Crippen LogP contribution is -2.04. The van der Waals surface area contributed by atoms with E-state index >= 15 is 0 Å². The van der Waals surface area contributed by atoms with Crippen LogP contribution in [0.4, 0.5) is 0 Å². The molecule has 1 aromatic heterocycles. The topological polar surface area (TPSA) is 55.1 Å². The van der Waals surface area contributed by atoms with Gasteiger partial charge < -0.3 is 5.11 Å². The standard InChI is InChI=1S/C20H20N2O2/c1-12-10-13(2)15(4)19(14(12)3)18-11-17(20(23)24)21-22(18)16-8-6-5-7-9-16/h5-11H,1-4H3,(H,23,24). The first-order valence-electron chi connectivity index (χ1n) is 7.86. The average Bonchev–Trinajstić information content (AvgIpc) is 2.99. The van der Waals surface area contributed by atoms with Crippen LogP contribution in [-0.2, 0) is 0 Å². The van der Waals surface area contributed by atoms with Gasteiger partial charge in [-0.15, -0.1) is 0 Å². The van der Waals surface area contributed by atoms with E-state index < -0.39 is 5.97 Å². The number of hydrogen-bond acceptors (Lipinski definition) is 2. The van der Waals surface area contributed by atoms with Crippen LogP contribution in [0.15, 0.2) is 42.5 Å². The van der Waals surface area contributed by atoms with Gasteiger partial charge in [-0.1, -0.05) is 24.3 Å². The summed E-state index contributed by atoms with van der Waals surface area (Å²) in [5, 5.41) is 13.7. The molecule has 0 amide bonds. The first kappa shape index (κ1) is 16.0. The number of para-hydroxylation sites is 1. The van der Waals surface area contributed by atoms with Crippen molar-refractivity contribution < 1.29 is 9.90 Å². The highest BCUT2D eigenvalue weighted by atomic mass is 16.4. The second kappa shape index (κ2) is 5.96. The Bertz CT molecular complexity index is 898. The van der Waals surface area contributed by atoms with Crippen LogP contribution in [0.2, 0.25) is 0 Å². The number of carboxylic acids is 1. The van der Waals surface area contributed by atoms with E-state index in [-0.39, 0.29) is 5.69 Å². The number of aryl methyl sites for hydroxylation is 2. The molecule has 1 N–H and O–H groups in total. The van der Waals surface area contributed by atoms with Crippen LogP contribution in [0, 0.1) is 27.7 Å². The van der Waals surface area contributed by atoms with Crippen molar-refractivity contribution in [2.75, 3.05) is 0 Å². The molecule has 0 fully saturated rings. The lowest BCUT2D eigenvalue weighted by atomic mass is 9.92. The lowest BCUT2D eigenvalue weighted by molar-refractivity contribution is 0.0690. The monoisotopic (exact) mass is 320 g/mol. The van der Waals surface area contributed by atoms with E-state index in [0.29, 0.717) is 0 Å². The Hall–Kier alpha value is -2.88. The Morgan fingerprint density at radius 2 is 1.54 bits per heavy atom. The molecule has 1 heterocycles. The van der Waals surface area contributed by atoms with E-state index in [1.165, 1.54) is 11.1 Å². The van der Waals surface area contributed by atoms with Crippen molar-refractivity contribution in [3.63, 3.8) is 0 Å². The van der Waals surface area contributed by atoms with Crippen molar-refractivity contribution in [2.24, 2.45) is 0 Å². The molecule has 0 unspecified atom stereocenters. The molecule has 0 atom stereocenters. The molecule has 24 heavy (non-hydrogen) atoms. The number of carbonyl (C=O) groups is 1. The normalized spacial score (nSPS) is 10.8. The highest BCUT2D eigenvalue weighted by Gasteiger charge is 2.20. The maximum absolute atomic E-state index is 11.5. The largest absolute Gasteiger partial charge is 0.476 e. The van der Waals surface area contributed by atoms with E-state index in [0.717, 1.165) is 28.1 Å². The average molecular weight is 320 g/mol. The lowest BCUT2D eigenvalue weighted by Gasteiger charge is -2.16. The summed E-state index contributed by atoms with van der Waals surface area (Å²) in [6, 6.07) is 13.4. The molecule has 0 spiro atoms. The molecule has 3 rings (SSSR count).